The minimum Gasteiger partial charge on any atom is -0.496 e. The Morgan fingerprint density at radius 3 is 2.91 bits per heavy atom. The van der Waals surface area contributed by atoms with E-state index >= 15 is 0 Å². The molecule has 128 valence electrons. The fourth-order valence-corrected chi connectivity index (χ4v) is 2.39. The molecule has 9 heteroatoms. The molecule has 1 amide bonds. The predicted molar refractivity (Wildman–Crippen MR) is 89.4 cm³/mol. The standard InChI is InChI=1S/C14H20N4O4.ClH/c1-10-8-15-5-6-17(10)9-14(19)16-12-4-3-11(22-2)7-13(12)18(20)21;/h3-4,7,10,15H,5-6,8-9H2,1-2H3,(H,16,19);1H/t10-;/m0./s1. The Balaban J connectivity index is 0.00000264. The molecule has 2 rings (SSSR count). The molecule has 1 fully saturated rings. The summed E-state index contributed by atoms with van der Waals surface area (Å²) in [6.07, 6.45) is 0. The third-order valence-corrected chi connectivity index (χ3v) is 3.66. The van der Waals surface area contributed by atoms with E-state index in [0.29, 0.717) is 5.75 Å². The Morgan fingerprint density at radius 2 is 2.30 bits per heavy atom. The van der Waals surface area contributed by atoms with Crippen molar-refractivity contribution in [3.05, 3.63) is 28.3 Å². The minimum absolute atomic E-state index is 0. The third-order valence-electron chi connectivity index (χ3n) is 3.66. The van der Waals surface area contributed by atoms with Crippen LogP contribution >= 0.6 is 12.4 Å². The highest BCUT2D eigenvalue weighted by Crippen LogP contribution is 2.28. The van der Waals surface area contributed by atoms with Crippen molar-refractivity contribution >= 4 is 29.7 Å². The summed E-state index contributed by atoms with van der Waals surface area (Å²) in [4.78, 5) is 24.7. The second-order valence-corrected chi connectivity index (χ2v) is 5.21. The normalized spacial score (nSPS) is 17.9. The van der Waals surface area contributed by atoms with E-state index in [2.05, 4.69) is 10.6 Å². The van der Waals surface area contributed by atoms with Crippen LogP contribution in [-0.2, 0) is 4.79 Å². The lowest BCUT2D eigenvalue weighted by Gasteiger charge is -2.33. The molecule has 0 spiro atoms. The van der Waals surface area contributed by atoms with E-state index in [1.165, 1.54) is 19.2 Å². The number of amides is 1. The van der Waals surface area contributed by atoms with E-state index in [0.717, 1.165) is 19.6 Å². The fraction of sp³-hybridized carbons (Fsp3) is 0.500. The number of nitrogens with one attached hydrogen (secondary N) is 2. The SMILES string of the molecule is COc1ccc(NC(=O)CN2CCNC[C@@H]2C)c([N+](=O)[O-])c1.Cl. The quantitative estimate of drug-likeness (QED) is 0.616. The number of anilines is 1. The van der Waals surface area contributed by atoms with E-state index < -0.39 is 4.92 Å². The second kappa shape index (κ2) is 8.66. The number of piperazine rings is 1. The first-order chi connectivity index (χ1) is 10.5. The van der Waals surface area contributed by atoms with Gasteiger partial charge in [0.05, 0.1) is 24.6 Å². The average Bonchev–Trinajstić information content (AvgIpc) is 2.49. The molecule has 1 aromatic rings. The molecule has 0 aromatic heterocycles. The number of benzene rings is 1. The van der Waals surface area contributed by atoms with Gasteiger partial charge in [-0.25, -0.2) is 0 Å². The molecule has 0 radical (unpaired) electrons. The molecule has 1 aliphatic rings. The van der Waals surface area contributed by atoms with Crippen molar-refractivity contribution in [2.24, 2.45) is 0 Å². The number of methoxy groups -OCH3 is 1. The second-order valence-electron chi connectivity index (χ2n) is 5.21. The first-order valence-electron chi connectivity index (χ1n) is 7.08. The van der Waals surface area contributed by atoms with E-state index in [1.807, 2.05) is 11.8 Å². The Morgan fingerprint density at radius 1 is 1.57 bits per heavy atom. The van der Waals surface area contributed by atoms with Crippen LogP contribution in [-0.4, -0.2) is 55.1 Å². The number of nitro groups is 1. The number of hydrogen-bond donors (Lipinski definition) is 2. The zero-order chi connectivity index (χ0) is 16.1. The van der Waals surface area contributed by atoms with Gasteiger partial charge in [0, 0.05) is 25.7 Å². The van der Waals surface area contributed by atoms with Crippen molar-refractivity contribution in [2.75, 3.05) is 38.6 Å². The molecular weight excluding hydrogens is 324 g/mol. The van der Waals surface area contributed by atoms with Gasteiger partial charge in [-0.1, -0.05) is 0 Å². The molecule has 1 saturated heterocycles. The van der Waals surface area contributed by atoms with Crippen LogP contribution in [0.5, 0.6) is 5.75 Å². The van der Waals surface area contributed by atoms with Gasteiger partial charge in [-0.2, -0.15) is 0 Å². The summed E-state index contributed by atoms with van der Waals surface area (Å²) < 4.78 is 4.97. The molecule has 0 bridgehead atoms. The van der Waals surface area contributed by atoms with Gasteiger partial charge in [0.15, 0.2) is 0 Å². The summed E-state index contributed by atoms with van der Waals surface area (Å²) in [6, 6.07) is 4.61. The zero-order valence-electron chi connectivity index (χ0n) is 13.1. The van der Waals surface area contributed by atoms with Crippen LogP contribution in [0.4, 0.5) is 11.4 Å². The molecule has 1 heterocycles. The highest BCUT2D eigenvalue weighted by molar-refractivity contribution is 5.94. The van der Waals surface area contributed by atoms with Gasteiger partial charge in [0.1, 0.15) is 11.4 Å². The molecule has 1 atom stereocenters. The first kappa shape index (κ1) is 19.1. The van der Waals surface area contributed by atoms with Crippen LogP contribution < -0.4 is 15.4 Å². The summed E-state index contributed by atoms with van der Waals surface area (Å²) in [7, 11) is 1.43. The van der Waals surface area contributed by atoms with Gasteiger partial charge >= 0.3 is 0 Å². The van der Waals surface area contributed by atoms with E-state index in [4.69, 9.17) is 4.74 Å². The van der Waals surface area contributed by atoms with Gasteiger partial charge in [-0.05, 0) is 19.1 Å². The molecule has 0 saturated carbocycles. The lowest BCUT2D eigenvalue weighted by molar-refractivity contribution is -0.384. The van der Waals surface area contributed by atoms with Crippen molar-refractivity contribution in [3.8, 4) is 5.75 Å². The topological polar surface area (TPSA) is 96.7 Å². The van der Waals surface area contributed by atoms with E-state index in [1.54, 1.807) is 6.07 Å². The van der Waals surface area contributed by atoms with Crippen molar-refractivity contribution in [3.63, 3.8) is 0 Å². The summed E-state index contributed by atoms with van der Waals surface area (Å²) in [5.41, 5.74) is -0.000327. The molecule has 23 heavy (non-hydrogen) atoms. The predicted octanol–water partition coefficient (Wildman–Crippen LogP) is 1.26. The zero-order valence-corrected chi connectivity index (χ0v) is 13.9. The Bertz CT molecular complexity index is 570. The Hall–Kier alpha value is -1.90. The highest BCUT2D eigenvalue weighted by atomic mass is 35.5. The van der Waals surface area contributed by atoms with Crippen LogP contribution in [0.2, 0.25) is 0 Å². The molecule has 1 aromatic carbocycles. The van der Waals surface area contributed by atoms with Crippen LogP contribution in [0.1, 0.15) is 6.92 Å². The number of carbonyl (C=O) groups excluding carboxylic acids is 1. The maximum Gasteiger partial charge on any atom is 0.296 e. The number of ether oxygens (including phenoxy) is 1. The lowest BCUT2D eigenvalue weighted by Crippen LogP contribution is -2.52. The maximum absolute atomic E-state index is 12.1. The summed E-state index contributed by atoms with van der Waals surface area (Å²) in [5, 5.41) is 17.0. The summed E-state index contributed by atoms with van der Waals surface area (Å²) >= 11 is 0. The van der Waals surface area contributed by atoms with Crippen molar-refractivity contribution < 1.29 is 14.5 Å². The molecule has 0 aliphatic carbocycles. The number of rotatable bonds is 5. The average molecular weight is 345 g/mol. The summed E-state index contributed by atoms with van der Waals surface area (Å²) in [6.45, 7) is 4.69. The lowest BCUT2D eigenvalue weighted by atomic mass is 10.2. The number of nitrogens with zero attached hydrogens (tertiary/aromatic N) is 2. The molecule has 8 nitrogen and oxygen atoms in total. The Labute approximate surface area is 140 Å². The fourth-order valence-electron chi connectivity index (χ4n) is 2.39. The van der Waals surface area contributed by atoms with Gasteiger partial charge in [-0.3, -0.25) is 19.8 Å². The highest BCUT2D eigenvalue weighted by Gasteiger charge is 2.22. The van der Waals surface area contributed by atoms with Gasteiger partial charge < -0.3 is 15.4 Å². The van der Waals surface area contributed by atoms with Crippen LogP contribution in [0, 0.1) is 10.1 Å². The van der Waals surface area contributed by atoms with Crippen molar-refractivity contribution in [1.82, 2.24) is 10.2 Å². The molecule has 2 N–H and O–H groups in total. The van der Waals surface area contributed by atoms with Crippen LogP contribution in [0.15, 0.2) is 18.2 Å². The first-order valence-corrected chi connectivity index (χ1v) is 7.08. The number of carbonyl (C=O) groups is 1. The van der Waals surface area contributed by atoms with Crippen molar-refractivity contribution in [1.29, 1.82) is 0 Å². The van der Waals surface area contributed by atoms with Crippen molar-refractivity contribution in [2.45, 2.75) is 13.0 Å². The number of hydrogen-bond acceptors (Lipinski definition) is 6. The Kier molecular flexibility index (Phi) is 7.21. The van der Waals surface area contributed by atoms with E-state index in [9.17, 15) is 14.9 Å². The smallest absolute Gasteiger partial charge is 0.296 e. The third kappa shape index (κ3) is 5.05. The minimum atomic E-state index is -0.536. The summed E-state index contributed by atoms with van der Waals surface area (Å²) in [5.74, 6) is 0.113. The van der Waals surface area contributed by atoms with Gasteiger partial charge in [-0.15, -0.1) is 12.4 Å². The maximum atomic E-state index is 12.1. The molecule has 1 aliphatic heterocycles. The molecular formula is C14H21ClN4O4. The van der Waals surface area contributed by atoms with Crippen LogP contribution in [0.25, 0.3) is 0 Å². The van der Waals surface area contributed by atoms with E-state index in [-0.39, 0.29) is 42.3 Å². The largest absolute Gasteiger partial charge is 0.496 e. The van der Waals surface area contributed by atoms with Gasteiger partial charge in [0.25, 0.3) is 5.69 Å². The molecule has 0 unspecified atom stereocenters. The van der Waals surface area contributed by atoms with Crippen LogP contribution in [0.3, 0.4) is 0 Å². The monoisotopic (exact) mass is 344 g/mol. The number of halogens is 1. The number of nitro benzene ring substituents is 1. The van der Waals surface area contributed by atoms with Gasteiger partial charge in [0.2, 0.25) is 5.91 Å².